The summed E-state index contributed by atoms with van der Waals surface area (Å²) in [6.45, 7) is 1.50. The van der Waals surface area contributed by atoms with Crippen molar-refractivity contribution >= 4 is 40.2 Å². The molecule has 13 heteroatoms. The molecule has 0 saturated carbocycles. The molecular formula is C27H22N4O8S. The molecule has 3 aromatic carbocycles. The largest absolute Gasteiger partial charge is 0.497 e. The van der Waals surface area contributed by atoms with Gasteiger partial charge in [-0.25, -0.2) is 9.79 Å². The highest BCUT2D eigenvalue weighted by atomic mass is 32.2. The van der Waals surface area contributed by atoms with Crippen molar-refractivity contribution in [3.63, 3.8) is 0 Å². The number of benzene rings is 3. The summed E-state index contributed by atoms with van der Waals surface area (Å²) in [5.41, 5.74) is 0.502. The van der Waals surface area contributed by atoms with Crippen molar-refractivity contribution in [3.05, 3.63) is 121 Å². The van der Waals surface area contributed by atoms with Crippen LogP contribution in [0.15, 0.2) is 89.1 Å². The minimum absolute atomic E-state index is 0.0445. The molecule has 204 valence electrons. The van der Waals surface area contributed by atoms with Gasteiger partial charge in [-0.2, -0.15) is 0 Å². The van der Waals surface area contributed by atoms with E-state index < -0.39 is 27.8 Å². The highest BCUT2D eigenvalue weighted by molar-refractivity contribution is 8.13. The van der Waals surface area contributed by atoms with Crippen LogP contribution in [0.1, 0.15) is 34.5 Å². The van der Waals surface area contributed by atoms with Crippen molar-refractivity contribution in [1.82, 2.24) is 4.90 Å². The summed E-state index contributed by atoms with van der Waals surface area (Å²) in [6, 6.07) is 16.2. The maximum absolute atomic E-state index is 14.0. The van der Waals surface area contributed by atoms with Crippen LogP contribution in [0, 0.1) is 20.2 Å². The van der Waals surface area contributed by atoms with Crippen LogP contribution in [0.25, 0.3) is 0 Å². The molecule has 1 unspecified atom stereocenters. The van der Waals surface area contributed by atoms with Gasteiger partial charge in [-0.1, -0.05) is 36.0 Å². The van der Waals surface area contributed by atoms with Crippen molar-refractivity contribution < 1.29 is 29.3 Å². The number of nitro groups is 2. The number of aliphatic carboxylic acids is 1. The molecule has 0 aromatic heterocycles. The van der Waals surface area contributed by atoms with Gasteiger partial charge in [-0.15, -0.1) is 0 Å². The molecule has 0 fully saturated rings. The van der Waals surface area contributed by atoms with E-state index in [0.717, 1.165) is 5.56 Å². The predicted octanol–water partition coefficient (Wildman–Crippen LogP) is 5.36. The van der Waals surface area contributed by atoms with Crippen LogP contribution in [0.2, 0.25) is 0 Å². The number of thioether (sulfide) groups is 1. The number of nitrogens with zero attached hydrogens (tertiary/aromatic N) is 4. The van der Waals surface area contributed by atoms with Crippen molar-refractivity contribution in [3.8, 4) is 5.75 Å². The van der Waals surface area contributed by atoms with Crippen LogP contribution in [0.3, 0.4) is 0 Å². The number of carbonyl (C=O) groups is 2. The van der Waals surface area contributed by atoms with Gasteiger partial charge in [0.2, 0.25) is 0 Å². The summed E-state index contributed by atoms with van der Waals surface area (Å²) in [5.74, 6) is -1.02. The van der Waals surface area contributed by atoms with Crippen molar-refractivity contribution in [2.45, 2.75) is 18.7 Å². The van der Waals surface area contributed by atoms with Crippen LogP contribution in [-0.4, -0.2) is 44.0 Å². The van der Waals surface area contributed by atoms with Gasteiger partial charge in [-0.05, 0) is 42.3 Å². The molecule has 12 nitrogen and oxygen atoms in total. The third-order valence-corrected chi connectivity index (χ3v) is 7.11. The number of allylic oxidation sites excluding steroid dienone is 1. The molecule has 1 aliphatic heterocycles. The topological polar surface area (TPSA) is 165 Å². The fraction of sp³-hybridized carbons (Fsp3) is 0.148. The summed E-state index contributed by atoms with van der Waals surface area (Å²) in [4.78, 5) is 53.5. The molecule has 1 atom stereocenters. The summed E-state index contributed by atoms with van der Waals surface area (Å²) >= 11 is 1.17. The summed E-state index contributed by atoms with van der Waals surface area (Å²) < 4.78 is 5.19. The van der Waals surface area contributed by atoms with E-state index in [4.69, 9.17) is 4.74 Å². The van der Waals surface area contributed by atoms with E-state index in [0.29, 0.717) is 11.5 Å². The summed E-state index contributed by atoms with van der Waals surface area (Å²) in [5, 5.41) is 32.9. The Kier molecular flexibility index (Phi) is 8.24. The Hall–Kier alpha value is -5.04. The van der Waals surface area contributed by atoms with Crippen LogP contribution in [0.5, 0.6) is 5.75 Å². The highest BCUT2D eigenvalue weighted by Gasteiger charge is 2.40. The molecule has 0 spiro atoms. The number of methoxy groups -OCH3 is 1. The Morgan fingerprint density at radius 2 is 1.65 bits per heavy atom. The lowest BCUT2D eigenvalue weighted by atomic mass is 9.93. The Morgan fingerprint density at radius 1 is 1.00 bits per heavy atom. The molecular weight excluding hydrogens is 540 g/mol. The average Bonchev–Trinajstić information content (AvgIpc) is 2.95. The lowest BCUT2D eigenvalue weighted by Crippen LogP contribution is -2.43. The quantitative estimate of drug-likeness (QED) is 0.281. The second kappa shape index (κ2) is 11.8. The SMILES string of the molecule is COc1ccc(CSC2=NC(C)=C(C(=O)O)C(c3cccc([N+](=O)[O-])c3)N2C(=O)c2ccc([N+](=O)[O-])cc2)cc1. The first-order valence-electron chi connectivity index (χ1n) is 11.7. The first-order valence-corrected chi connectivity index (χ1v) is 12.7. The monoisotopic (exact) mass is 562 g/mol. The first kappa shape index (κ1) is 28.0. The smallest absolute Gasteiger partial charge is 0.335 e. The molecule has 0 bridgehead atoms. The van der Waals surface area contributed by atoms with Gasteiger partial charge in [0.15, 0.2) is 5.17 Å². The Balaban J connectivity index is 1.83. The first-order chi connectivity index (χ1) is 19.1. The second-order valence-corrected chi connectivity index (χ2v) is 9.51. The molecule has 3 aromatic rings. The molecule has 1 N–H and O–H groups in total. The van der Waals surface area contributed by atoms with E-state index >= 15 is 0 Å². The van der Waals surface area contributed by atoms with E-state index in [1.165, 1.54) is 72.1 Å². The van der Waals surface area contributed by atoms with Crippen LogP contribution in [-0.2, 0) is 10.5 Å². The zero-order valence-electron chi connectivity index (χ0n) is 21.2. The van der Waals surface area contributed by atoms with Gasteiger partial charge >= 0.3 is 5.97 Å². The van der Waals surface area contributed by atoms with Crippen molar-refractivity contribution in [2.24, 2.45) is 4.99 Å². The van der Waals surface area contributed by atoms with Gasteiger partial charge < -0.3 is 9.84 Å². The number of rotatable bonds is 8. The van der Waals surface area contributed by atoms with Gasteiger partial charge in [-0.3, -0.25) is 29.9 Å². The third kappa shape index (κ3) is 5.83. The number of hydrogen-bond donors (Lipinski definition) is 1. The average molecular weight is 563 g/mol. The summed E-state index contributed by atoms with van der Waals surface area (Å²) in [7, 11) is 1.55. The number of amides is 1. The van der Waals surface area contributed by atoms with Gasteiger partial charge in [0, 0.05) is 35.6 Å². The Morgan fingerprint density at radius 3 is 2.23 bits per heavy atom. The van der Waals surface area contributed by atoms with Gasteiger partial charge in [0.1, 0.15) is 5.75 Å². The zero-order chi connectivity index (χ0) is 29.0. The maximum Gasteiger partial charge on any atom is 0.335 e. The normalized spacial score (nSPS) is 14.9. The van der Waals surface area contributed by atoms with E-state index in [1.54, 1.807) is 19.2 Å². The standard InChI is InChI=1S/C27H22N4O8S/c1-16-23(26(33)34)24(19-4-3-5-21(14-19)31(37)38)29(25(32)18-8-10-20(11-9-18)30(35)36)27(28-16)40-15-17-6-12-22(39-2)13-7-17/h3-14,24H,15H2,1-2H3,(H,33,34). The number of carboxylic acid groups (broad SMARTS) is 1. The van der Waals surface area contributed by atoms with Crippen molar-refractivity contribution in [2.75, 3.05) is 7.11 Å². The van der Waals surface area contributed by atoms with E-state index in [2.05, 4.69) is 4.99 Å². The number of amidine groups is 1. The lowest BCUT2D eigenvalue weighted by Gasteiger charge is -2.36. The predicted molar refractivity (Wildman–Crippen MR) is 147 cm³/mol. The molecule has 0 saturated heterocycles. The fourth-order valence-corrected chi connectivity index (χ4v) is 5.15. The van der Waals surface area contributed by atoms with E-state index in [1.807, 2.05) is 12.1 Å². The fourth-order valence-electron chi connectivity index (χ4n) is 4.13. The van der Waals surface area contributed by atoms with E-state index in [-0.39, 0.29) is 38.9 Å². The molecule has 1 aliphatic rings. The molecule has 0 radical (unpaired) electrons. The third-order valence-electron chi connectivity index (χ3n) is 6.09. The number of carboxylic acids is 1. The van der Waals surface area contributed by atoms with Gasteiger partial charge in [0.25, 0.3) is 17.3 Å². The molecule has 40 heavy (non-hydrogen) atoms. The van der Waals surface area contributed by atoms with Gasteiger partial charge in [0.05, 0.1) is 34.3 Å². The molecule has 1 amide bonds. The second-order valence-electron chi connectivity index (χ2n) is 8.57. The van der Waals surface area contributed by atoms with Crippen LogP contribution >= 0.6 is 11.8 Å². The number of ether oxygens (including phenoxy) is 1. The van der Waals surface area contributed by atoms with E-state index in [9.17, 15) is 34.9 Å². The van der Waals surface area contributed by atoms with Crippen LogP contribution in [0.4, 0.5) is 11.4 Å². The number of carbonyl (C=O) groups excluding carboxylic acids is 1. The minimum atomic E-state index is -1.35. The number of non-ortho nitro benzene ring substituents is 2. The molecule has 1 heterocycles. The number of nitro benzene ring substituents is 2. The highest BCUT2D eigenvalue weighted by Crippen LogP contribution is 2.40. The zero-order valence-corrected chi connectivity index (χ0v) is 22.0. The van der Waals surface area contributed by atoms with Crippen molar-refractivity contribution in [1.29, 1.82) is 0 Å². The number of hydrogen-bond acceptors (Lipinski definition) is 9. The van der Waals surface area contributed by atoms with Crippen LogP contribution < -0.4 is 4.74 Å². The lowest BCUT2D eigenvalue weighted by molar-refractivity contribution is -0.385. The summed E-state index contributed by atoms with van der Waals surface area (Å²) in [6.07, 6.45) is 0. The minimum Gasteiger partial charge on any atom is -0.497 e. The molecule has 4 rings (SSSR count). The Bertz CT molecular complexity index is 1550. The maximum atomic E-state index is 14.0. The molecule has 0 aliphatic carbocycles. The Labute approximate surface area is 231 Å². The number of aliphatic imine (C=N–C) groups is 1.